The number of carbonyl (C=O) groups is 2. The van der Waals surface area contributed by atoms with Crippen LogP contribution in [0.4, 0.5) is 4.79 Å². The smallest absolute Gasteiger partial charge is 0.409 e. The lowest BCUT2D eigenvalue weighted by molar-refractivity contribution is -0.144. The summed E-state index contributed by atoms with van der Waals surface area (Å²) in [5.74, 6) is -0.804. The summed E-state index contributed by atoms with van der Waals surface area (Å²) in [5, 5.41) is 9.06. The Morgan fingerprint density at radius 2 is 1.91 bits per heavy atom. The van der Waals surface area contributed by atoms with Crippen molar-refractivity contribution in [3.63, 3.8) is 0 Å². The monoisotopic (exact) mass is 310 g/mol. The van der Waals surface area contributed by atoms with Gasteiger partial charge in [0, 0.05) is 19.1 Å². The van der Waals surface area contributed by atoms with Crippen LogP contribution in [0.2, 0.25) is 0 Å². The Morgan fingerprint density at radius 3 is 2.50 bits per heavy atom. The van der Waals surface area contributed by atoms with Gasteiger partial charge >= 0.3 is 12.1 Å². The van der Waals surface area contributed by atoms with Gasteiger partial charge in [-0.25, -0.2) is 4.79 Å². The van der Waals surface area contributed by atoms with Crippen molar-refractivity contribution in [3.8, 4) is 0 Å². The van der Waals surface area contributed by atoms with Crippen LogP contribution >= 0.6 is 0 Å². The summed E-state index contributed by atoms with van der Waals surface area (Å²) < 4.78 is 5.09. The Balaban J connectivity index is 1.45. The summed E-state index contributed by atoms with van der Waals surface area (Å²) in [4.78, 5) is 27.1. The number of carbonyl (C=O) groups excluding carboxylic acids is 1. The van der Waals surface area contributed by atoms with E-state index in [2.05, 4.69) is 4.90 Å². The van der Waals surface area contributed by atoms with E-state index in [1.165, 1.54) is 0 Å². The van der Waals surface area contributed by atoms with E-state index in [0.717, 1.165) is 58.3 Å². The van der Waals surface area contributed by atoms with E-state index in [1.54, 1.807) is 0 Å². The zero-order valence-corrected chi connectivity index (χ0v) is 13.3. The van der Waals surface area contributed by atoms with Crippen LogP contribution in [0.1, 0.15) is 39.0 Å². The van der Waals surface area contributed by atoms with Gasteiger partial charge in [0.2, 0.25) is 0 Å². The highest BCUT2D eigenvalue weighted by atomic mass is 16.6. The molecule has 6 nitrogen and oxygen atoms in total. The third kappa shape index (κ3) is 2.93. The lowest BCUT2D eigenvalue weighted by Crippen LogP contribution is -2.54. The van der Waals surface area contributed by atoms with Gasteiger partial charge in [-0.05, 0) is 57.5 Å². The maximum Gasteiger partial charge on any atom is 0.409 e. The molecule has 2 heterocycles. The second-order valence-corrected chi connectivity index (χ2v) is 7.08. The molecule has 6 heteroatoms. The zero-order chi connectivity index (χ0) is 15.7. The van der Waals surface area contributed by atoms with Gasteiger partial charge in [-0.1, -0.05) is 0 Å². The summed E-state index contributed by atoms with van der Waals surface area (Å²) in [6.45, 7) is 5.71. The third-order valence-electron chi connectivity index (χ3n) is 5.70. The van der Waals surface area contributed by atoms with Crippen molar-refractivity contribution in [2.45, 2.75) is 45.1 Å². The SMILES string of the molecule is CCOC(=O)N1CCC2(CC(N3CCC(C(=O)O)CC3)C2)C1. The molecule has 1 N–H and O–H groups in total. The zero-order valence-electron chi connectivity index (χ0n) is 13.3. The minimum atomic E-state index is -0.648. The molecule has 1 amide bonds. The maximum atomic E-state index is 11.8. The van der Waals surface area contributed by atoms with Gasteiger partial charge in [0.1, 0.15) is 0 Å². The average Bonchev–Trinajstić information content (AvgIpc) is 2.91. The summed E-state index contributed by atoms with van der Waals surface area (Å²) in [6.07, 6.45) is 4.72. The van der Waals surface area contributed by atoms with Gasteiger partial charge in [-0.3, -0.25) is 4.79 Å². The number of rotatable bonds is 3. The molecular formula is C16H26N2O4. The summed E-state index contributed by atoms with van der Waals surface area (Å²) in [7, 11) is 0. The number of amides is 1. The molecule has 1 aliphatic carbocycles. The number of hydrogen-bond donors (Lipinski definition) is 1. The molecule has 0 radical (unpaired) electrons. The predicted molar refractivity (Wildman–Crippen MR) is 80.6 cm³/mol. The van der Waals surface area contributed by atoms with Crippen LogP contribution in [0.5, 0.6) is 0 Å². The first-order valence-electron chi connectivity index (χ1n) is 8.41. The first kappa shape index (κ1) is 15.6. The highest BCUT2D eigenvalue weighted by Gasteiger charge is 2.51. The molecule has 3 aliphatic rings. The summed E-state index contributed by atoms with van der Waals surface area (Å²) in [5.41, 5.74) is 0.293. The Hall–Kier alpha value is -1.30. The van der Waals surface area contributed by atoms with E-state index in [4.69, 9.17) is 9.84 Å². The summed E-state index contributed by atoms with van der Waals surface area (Å²) >= 11 is 0. The van der Waals surface area contributed by atoms with Crippen LogP contribution in [-0.4, -0.2) is 65.8 Å². The molecule has 22 heavy (non-hydrogen) atoms. The fourth-order valence-corrected chi connectivity index (χ4v) is 4.35. The van der Waals surface area contributed by atoms with E-state index < -0.39 is 5.97 Å². The van der Waals surface area contributed by atoms with Crippen molar-refractivity contribution in [1.29, 1.82) is 0 Å². The largest absolute Gasteiger partial charge is 0.481 e. The molecule has 2 saturated heterocycles. The first-order chi connectivity index (χ1) is 10.5. The lowest BCUT2D eigenvalue weighted by atomic mass is 9.64. The van der Waals surface area contributed by atoms with Crippen LogP contribution in [0, 0.1) is 11.3 Å². The number of aliphatic carboxylic acids is 1. The van der Waals surface area contributed by atoms with E-state index in [1.807, 2.05) is 11.8 Å². The van der Waals surface area contributed by atoms with E-state index in [0.29, 0.717) is 18.1 Å². The maximum absolute atomic E-state index is 11.8. The molecule has 0 aromatic carbocycles. The van der Waals surface area contributed by atoms with Gasteiger partial charge in [0.05, 0.1) is 12.5 Å². The van der Waals surface area contributed by atoms with Gasteiger partial charge in [-0.2, -0.15) is 0 Å². The molecule has 0 bridgehead atoms. The van der Waals surface area contributed by atoms with Crippen molar-refractivity contribution in [2.75, 3.05) is 32.8 Å². The van der Waals surface area contributed by atoms with E-state index >= 15 is 0 Å². The molecular weight excluding hydrogens is 284 g/mol. The minimum absolute atomic E-state index is 0.156. The van der Waals surface area contributed by atoms with Crippen molar-refractivity contribution in [2.24, 2.45) is 11.3 Å². The van der Waals surface area contributed by atoms with Crippen molar-refractivity contribution in [3.05, 3.63) is 0 Å². The quantitative estimate of drug-likeness (QED) is 0.860. The van der Waals surface area contributed by atoms with E-state index in [9.17, 15) is 9.59 Å². The lowest BCUT2D eigenvalue weighted by Gasteiger charge is -2.51. The van der Waals surface area contributed by atoms with Crippen molar-refractivity contribution in [1.82, 2.24) is 9.80 Å². The number of carboxylic acids is 1. The summed E-state index contributed by atoms with van der Waals surface area (Å²) in [6, 6.07) is 0.580. The molecule has 1 spiro atoms. The Bertz CT molecular complexity index is 439. The third-order valence-corrected chi connectivity index (χ3v) is 5.70. The van der Waals surface area contributed by atoms with Gasteiger partial charge < -0.3 is 19.6 Å². The fourth-order valence-electron chi connectivity index (χ4n) is 4.35. The number of hydrogen-bond acceptors (Lipinski definition) is 4. The molecule has 0 aromatic heterocycles. The molecule has 0 atom stereocenters. The average molecular weight is 310 g/mol. The second kappa shape index (κ2) is 6.07. The predicted octanol–water partition coefficient (Wildman–Crippen LogP) is 1.79. The van der Waals surface area contributed by atoms with Crippen LogP contribution in [-0.2, 0) is 9.53 Å². The minimum Gasteiger partial charge on any atom is -0.481 e. The second-order valence-electron chi connectivity index (χ2n) is 7.08. The topological polar surface area (TPSA) is 70.1 Å². The van der Waals surface area contributed by atoms with Crippen molar-refractivity contribution < 1.29 is 19.4 Å². The van der Waals surface area contributed by atoms with Crippen LogP contribution in [0.3, 0.4) is 0 Å². The van der Waals surface area contributed by atoms with Crippen LogP contribution in [0.15, 0.2) is 0 Å². The molecule has 3 fully saturated rings. The highest BCUT2D eigenvalue weighted by molar-refractivity contribution is 5.70. The molecule has 1 saturated carbocycles. The van der Waals surface area contributed by atoms with Crippen molar-refractivity contribution >= 4 is 12.1 Å². The molecule has 124 valence electrons. The number of piperidine rings is 1. The molecule has 0 unspecified atom stereocenters. The standard InChI is InChI=1S/C16H26N2O4/c1-2-22-15(21)18-8-5-16(11-18)9-13(10-16)17-6-3-12(4-7-17)14(19)20/h12-13H,2-11H2,1H3,(H,19,20). The Labute approximate surface area is 131 Å². The van der Waals surface area contributed by atoms with Gasteiger partial charge in [0.15, 0.2) is 0 Å². The first-order valence-corrected chi connectivity index (χ1v) is 8.41. The number of likely N-dealkylation sites (tertiary alicyclic amines) is 2. The Kier molecular flexibility index (Phi) is 4.30. The molecule has 0 aromatic rings. The number of carboxylic acid groups (broad SMARTS) is 1. The van der Waals surface area contributed by atoms with Gasteiger partial charge in [-0.15, -0.1) is 0 Å². The number of nitrogens with zero attached hydrogens (tertiary/aromatic N) is 2. The molecule has 3 rings (SSSR count). The van der Waals surface area contributed by atoms with Crippen LogP contribution < -0.4 is 0 Å². The van der Waals surface area contributed by atoms with Crippen LogP contribution in [0.25, 0.3) is 0 Å². The molecule has 2 aliphatic heterocycles. The number of ether oxygens (including phenoxy) is 1. The highest BCUT2D eigenvalue weighted by Crippen LogP contribution is 2.50. The Morgan fingerprint density at radius 1 is 1.23 bits per heavy atom. The van der Waals surface area contributed by atoms with Gasteiger partial charge in [0.25, 0.3) is 0 Å². The normalized spacial score (nSPS) is 33.0. The fraction of sp³-hybridized carbons (Fsp3) is 0.875. The van der Waals surface area contributed by atoms with E-state index in [-0.39, 0.29) is 12.0 Å².